The van der Waals surface area contributed by atoms with Gasteiger partial charge in [-0.3, -0.25) is 4.98 Å². The van der Waals surface area contributed by atoms with Gasteiger partial charge in [-0.25, -0.2) is 0 Å². The maximum absolute atomic E-state index is 9.56. The van der Waals surface area contributed by atoms with E-state index >= 15 is 0 Å². The Morgan fingerprint density at radius 3 is 2.89 bits per heavy atom. The molecule has 1 fully saturated rings. The minimum Gasteiger partial charge on any atom is -0.489 e. The number of nitrogens with one attached hydrogen (secondary N) is 1. The summed E-state index contributed by atoms with van der Waals surface area (Å²) in [5.41, 5.74) is 2.10. The van der Waals surface area contributed by atoms with Gasteiger partial charge < -0.3 is 20.1 Å². The van der Waals surface area contributed by atoms with Crippen LogP contribution in [0.25, 0.3) is 0 Å². The number of piperidine rings is 1. The van der Waals surface area contributed by atoms with Gasteiger partial charge in [0, 0.05) is 48.2 Å². The third-order valence-corrected chi connectivity index (χ3v) is 5.08. The van der Waals surface area contributed by atoms with Crippen molar-refractivity contribution in [3.05, 3.63) is 58.9 Å². The van der Waals surface area contributed by atoms with E-state index in [1.165, 1.54) is 0 Å². The fourth-order valence-electron chi connectivity index (χ4n) is 3.27. The first-order valence-electron chi connectivity index (χ1n) is 9.62. The first kappa shape index (κ1) is 20.1. The van der Waals surface area contributed by atoms with Crippen molar-refractivity contribution in [1.29, 1.82) is 0 Å². The number of pyridine rings is 1. The Balaban J connectivity index is 1.42. The van der Waals surface area contributed by atoms with Crippen LogP contribution < -0.4 is 10.1 Å². The van der Waals surface area contributed by atoms with Gasteiger partial charge >= 0.3 is 0 Å². The van der Waals surface area contributed by atoms with Gasteiger partial charge in [-0.15, -0.1) is 0 Å². The predicted octanol–water partition coefficient (Wildman–Crippen LogP) is 3.25. The lowest BCUT2D eigenvalue weighted by atomic mass is 10.1. The summed E-state index contributed by atoms with van der Waals surface area (Å²) in [5.74, 6) is 0.848. The van der Waals surface area contributed by atoms with Crippen molar-refractivity contribution in [3.63, 3.8) is 0 Å². The molecule has 146 valence electrons. The van der Waals surface area contributed by atoms with E-state index in [9.17, 15) is 5.11 Å². The van der Waals surface area contributed by atoms with Crippen LogP contribution in [-0.2, 0) is 13.2 Å². The first-order valence-corrected chi connectivity index (χ1v) is 10.00. The second kappa shape index (κ2) is 10.6. The average molecular weight is 390 g/mol. The maximum atomic E-state index is 9.56. The molecule has 6 heteroatoms. The second-order valence-corrected chi connectivity index (χ2v) is 7.44. The monoisotopic (exact) mass is 389 g/mol. The van der Waals surface area contributed by atoms with Crippen molar-refractivity contribution < 1.29 is 9.84 Å². The predicted molar refractivity (Wildman–Crippen MR) is 108 cm³/mol. The van der Waals surface area contributed by atoms with Crippen molar-refractivity contribution in [3.8, 4) is 5.75 Å². The number of aliphatic hydroxyl groups excluding tert-OH is 1. The summed E-state index contributed by atoms with van der Waals surface area (Å²) in [7, 11) is 0. The van der Waals surface area contributed by atoms with E-state index in [0.717, 1.165) is 68.9 Å². The summed E-state index contributed by atoms with van der Waals surface area (Å²) >= 11 is 6.17. The number of benzene rings is 1. The van der Waals surface area contributed by atoms with Crippen LogP contribution in [0.4, 0.5) is 0 Å². The zero-order chi connectivity index (χ0) is 18.9. The van der Waals surface area contributed by atoms with Crippen LogP contribution in [-0.4, -0.2) is 47.3 Å². The highest BCUT2D eigenvalue weighted by atomic mass is 35.5. The molecule has 27 heavy (non-hydrogen) atoms. The minimum absolute atomic E-state index is 0.104. The first-order chi connectivity index (χ1) is 13.2. The Morgan fingerprint density at radius 2 is 2.11 bits per heavy atom. The van der Waals surface area contributed by atoms with E-state index in [1.807, 2.05) is 36.5 Å². The molecular weight excluding hydrogens is 362 g/mol. The summed E-state index contributed by atoms with van der Waals surface area (Å²) in [6.07, 6.45) is 6.34. The molecule has 0 amide bonds. The topological polar surface area (TPSA) is 57.6 Å². The molecule has 1 saturated heterocycles. The molecule has 1 aromatic carbocycles. The van der Waals surface area contributed by atoms with Gasteiger partial charge in [-0.2, -0.15) is 0 Å². The fraction of sp³-hybridized carbons (Fsp3) is 0.476. The van der Waals surface area contributed by atoms with Crippen molar-refractivity contribution in [1.82, 2.24) is 15.2 Å². The number of aliphatic hydroxyl groups is 1. The van der Waals surface area contributed by atoms with Crippen molar-refractivity contribution in [2.45, 2.75) is 38.5 Å². The second-order valence-electron chi connectivity index (χ2n) is 7.01. The van der Waals surface area contributed by atoms with E-state index in [-0.39, 0.29) is 6.10 Å². The van der Waals surface area contributed by atoms with Crippen molar-refractivity contribution >= 4 is 11.6 Å². The molecule has 2 N–H and O–H groups in total. The molecule has 0 bridgehead atoms. The summed E-state index contributed by atoms with van der Waals surface area (Å²) in [5, 5.41) is 13.8. The Kier molecular flexibility index (Phi) is 7.90. The number of hydrogen-bond donors (Lipinski definition) is 2. The van der Waals surface area contributed by atoms with Gasteiger partial charge in [-0.05, 0) is 56.6 Å². The SMILES string of the molecule is OC1CCN(CCCNCc2cc(Cl)ccc2OCc2cccnc2)CC1. The zero-order valence-corrected chi connectivity index (χ0v) is 16.4. The van der Waals surface area contributed by atoms with Crippen LogP contribution in [0.5, 0.6) is 5.75 Å². The Hall–Kier alpha value is -1.66. The van der Waals surface area contributed by atoms with Crippen LogP contribution in [0.3, 0.4) is 0 Å². The highest BCUT2D eigenvalue weighted by Gasteiger charge is 2.16. The molecule has 0 spiro atoms. The van der Waals surface area contributed by atoms with Crippen LogP contribution >= 0.6 is 11.6 Å². The molecule has 5 nitrogen and oxygen atoms in total. The minimum atomic E-state index is -0.104. The molecule has 1 aliphatic rings. The molecule has 2 heterocycles. The molecular formula is C21H28ClN3O2. The van der Waals surface area contributed by atoms with Gasteiger partial charge in [0.2, 0.25) is 0 Å². The average Bonchev–Trinajstić information content (AvgIpc) is 2.69. The number of hydrogen-bond acceptors (Lipinski definition) is 5. The van der Waals surface area contributed by atoms with Crippen molar-refractivity contribution in [2.75, 3.05) is 26.2 Å². The quantitative estimate of drug-likeness (QED) is 0.645. The van der Waals surface area contributed by atoms with Gasteiger partial charge in [0.25, 0.3) is 0 Å². The largest absolute Gasteiger partial charge is 0.489 e. The number of aromatic nitrogens is 1. The fourth-order valence-corrected chi connectivity index (χ4v) is 3.46. The van der Waals surface area contributed by atoms with Crippen LogP contribution in [0.2, 0.25) is 5.02 Å². The zero-order valence-electron chi connectivity index (χ0n) is 15.6. The van der Waals surface area contributed by atoms with Gasteiger partial charge in [0.1, 0.15) is 12.4 Å². The normalized spacial score (nSPS) is 15.8. The lowest BCUT2D eigenvalue weighted by Gasteiger charge is -2.29. The van der Waals surface area contributed by atoms with Gasteiger partial charge in [-0.1, -0.05) is 17.7 Å². The molecule has 0 atom stereocenters. The number of halogens is 1. The Bertz CT molecular complexity index is 691. The standard InChI is InChI=1S/C21H28ClN3O2/c22-19-4-5-21(27-16-17-3-1-8-23-14-17)18(13-19)15-24-9-2-10-25-11-6-20(26)7-12-25/h1,3-5,8,13-14,20,24,26H,2,6-7,9-12,15-16H2. The lowest BCUT2D eigenvalue weighted by Crippen LogP contribution is -2.37. The van der Waals surface area contributed by atoms with E-state index < -0.39 is 0 Å². The third-order valence-electron chi connectivity index (χ3n) is 4.84. The van der Waals surface area contributed by atoms with Gasteiger partial charge in [0.15, 0.2) is 0 Å². The molecule has 0 aliphatic carbocycles. The number of rotatable bonds is 9. The highest BCUT2D eigenvalue weighted by Crippen LogP contribution is 2.23. The Labute approximate surface area is 166 Å². The molecule has 1 aromatic heterocycles. The smallest absolute Gasteiger partial charge is 0.124 e. The summed E-state index contributed by atoms with van der Waals surface area (Å²) < 4.78 is 5.97. The summed E-state index contributed by atoms with van der Waals surface area (Å²) in [6.45, 7) is 5.22. The Morgan fingerprint density at radius 1 is 1.26 bits per heavy atom. The van der Waals surface area contributed by atoms with Gasteiger partial charge in [0.05, 0.1) is 6.10 Å². The van der Waals surface area contributed by atoms with Crippen molar-refractivity contribution in [2.24, 2.45) is 0 Å². The van der Waals surface area contributed by atoms with E-state index in [1.54, 1.807) is 6.20 Å². The van der Waals surface area contributed by atoms with E-state index in [2.05, 4.69) is 15.2 Å². The van der Waals surface area contributed by atoms with Crippen LogP contribution in [0, 0.1) is 0 Å². The van der Waals surface area contributed by atoms with Crippen LogP contribution in [0.1, 0.15) is 30.4 Å². The summed E-state index contributed by atoms with van der Waals surface area (Å²) in [6, 6.07) is 9.65. The van der Waals surface area contributed by atoms with Crippen LogP contribution in [0.15, 0.2) is 42.7 Å². The summed E-state index contributed by atoms with van der Waals surface area (Å²) in [4.78, 5) is 6.54. The molecule has 0 unspecified atom stereocenters. The molecule has 0 radical (unpaired) electrons. The third kappa shape index (κ3) is 6.78. The molecule has 2 aromatic rings. The molecule has 3 rings (SSSR count). The maximum Gasteiger partial charge on any atom is 0.124 e. The van der Waals surface area contributed by atoms with E-state index in [0.29, 0.717) is 11.6 Å². The highest BCUT2D eigenvalue weighted by molar-refractivity contribution is 6.30. The molecule has 0 saturated carbocycles. The number of nitrogens with zero attached hydrogens (tertiary/aromatic N) is 2. The lowest BCUT2D eigenvalue weighted by molar-refractivity contribution is 0.0821. The molecule has 1 aliphatic heterocycles. The number of ether oxygens (including phenoxy) is 1. The van der Waals surface area contributed by atoms with E-state index in [4.69, 9.17) is 16.3 Å². The number of likely N-dealkylation sites (tertiary alicyclic amines) is 1.